The molecule has 0 bridgehead atoms. The Bertz CT molecular complexity index is 477. The zero-order valence-electron chi connectivity index (χ0n) is 10.7. The molecule has 19 heavy (non-hydrogen) atoms. The second kappa shape index (κ2) is 6.44. The number of nitrogens with two attached hydrogens (primary N) is 1. The summed E-state index contributed by atoms with van der Waals surface area (Å²) in [5, 5.41) is 8.88. The van der Waals surface area contributed by atoms with Crippen molar-refractivity contribution in [1.29, 1.82) is 0 Å². The van der Waals surface area contributed by atoms with E-state index < -0.39 is 0 Å². The smallest absolute Gasteiger partial charge is 0.249 e. The molecule has 0 spiro atoms. The van der Waals surface area contributed by atoms with Crippen molar-refractivity contribution in [3.05, 3.63) is 5.01 Å². The third-order valence-electron chi connectivity index (χ3n) is 2.65. The van der Waals surface area contributed by atoms with Crippen LogP contribution in [0.3, 0.4) is 0 Å². The quantitative estimate of drug-likeness (QED) is 0.782. The van der Waals surface area contributed by atoms with Crippen LogP contribution in [0, 0.1) is 0 Å². The van der Waals surface area contributed by atoms with Crippen molar-refractivity contribution in [3.63, 3.8) is 0 Å². The highest BCUT2D eigenvalue weighted by Crippen LogP contribution is 2.31. The van der Waals surface area contributed by atoms with Crippen molar-refractivity contribution < 1.29 is 9.59 Å². The normalized spacial score (nSPS) is 19.5. The molecule has 104 valence electrons. The van der Waals surface area contributed by atoms with Gasteiger partial charge in [0.2, 0.25) is 16.9 Å². The van der Waals surface area contributed by atoms with Gasteiger partial charge in [0, 0.05) is 25.1 Å². The molecule has 8 heteroatoms. The topological polar surface area (TPSA) is 89.2 Å². The number of rotatable bonds is 6. The van der Waals surface area contributed by atoms with Gasteiger partial charge >= 0.3 is 0 Å². The first kappa shape index (κ1) is 14.4. The second-order valence-corrected chi connectivity index (χ2v) is 6.50. The minimum absolute atomic E-state index is 0.192. The van der Waals surface area contributed by atoms with Crippen molar-refractivity contribution >= 4 is 40.0 Å². The minimum atomic E-state index is -0.324. The van der Waals surface area contributed by atoms with Crippen LogP contribution < -0.4 is 10.6 Å². The fourth-order valence-corrected chi connectivity index (χ4v) is 3.69. The summed E-state index contributed by atoms with van der Waals surface area (Å²) in [5.41, 5.74) is 5.42. The predicted molar refractivity (Wildman–Crippen MR) is 76.3 cm³/mol. The number of thioether (sulfide) groups is 1. The van der Waals surface area contributed by atoms with Crippen molar-refractivity contribution in [2.24, 2.45) is 5.73 Å². The second-order valence-electron chi connectivity index (χ2n) is 4.15. The summed E-state index contributed by atoms with van der Waals surface area (Å²) >= 11 is 2.75. The van der Waals surface area contributed by atoms with Crippen LogP contribution in [0.25, 0.3) is 0 Å². The number of anilines is 1. The Morgan fingerprint density at radius 3 is 2.95 bits per heavy atom. The van der Waals surface area contributed by atoms with Gasteiger partial charge in [-0.3, -0.25) is 9.59 Å². The summed E-state index contributed by atoms with van der Waals surface area (Å²) in [6, 6.07) is 0. The number of aryl methyl sites for hydroxylation is 1. The van der Waals surface area contributed by atoms with E-state index >= 15 is 0 Å². The molecule has 2 amide bonds. The Hall–Kier alpha value is -0.990. The summed E-state index contributed by atoms with van der Waals surface area (Å²) in [5.74, 6) is 0.288. The highest BCUT2D eigenvalue weighted by Gasteiger charge is 2.41. The van der Waals surface area contributed by atoms with Gasteiger partial charge < -0.3 is 5.73 Å². The van der Waals surface area contributed by atoms with E-state index in [-0.39, 0.29) is 23.5 Å². The highest BCUT2D eigenvalue weighted by molar-refractivity contribution is 8.00. The van der Waals surface area contributed by atoms with E-state index in [1.165, 1.54) is 28.0 Å². The van der Waals surface area contributed by atoms with E-state index in [0.717, 1.165) is 17.8 Å². The van der Waals surface area contributed by atoms with Crippen LogP contribution in [0.15, 0.2) is 0 Å². The van der Waals surface area contributed by atoms with Gasteiger partial charge in [0.15, 0.2) is 0 Å². The first-order valence-electron chi connectivity index (χ1n) is 6.18. The highest BCUT2D eigenvalue weighted by atomic mass is 32.2. The number of nitrogens with zero attached hydrogens (tertiary/aromatic N) is 3. The molecule has 0 radical (unpaired) electrons. The molecule has 1 aromatic rings. The molecule has 0 aromatic carbocycles. The average molecular weight is 300 g/mol. The standard InChI is InChI=1S/C11H16N4O2S2/c1-2-3-8-13-14-11(19-8)15-9(16)6-7(10(15)17)18-5-4-12/h7H,2-6,12H2,1H3. The van der Waals surface area contributed by atoms with Gasteiger partial charge in [-0.05, 0) is 6.42 Å². The van der Waals surface area contributed by atoms with Crippen LogP contribution in [-0.4, -0.2) is 39.6 Å². The summed E-state index contributed by atoms with van der Waals surface area (Å²) < 4.78 is 0. The number of aromatic nitrogens is 2. The summed E-state index contributed by atoms with van der Waals surface area (Å²) in [4.78, 5) is 25.3. The summed E-state index contributed by atoms with van der Waals surface area (Å²) in [7, 11) is 0. The van der Waals surface area contributed by atoms with E-state index in [4.69, 9.17) is 5.73 Å². The molecule has 0 aliphatic carbocycles. The van der Waals surface area contributed by atoms with Crippen LogP contribution in [0.4, 0.5) is 5.13 Å². The maximum Gasteiger partial charge on any atom is 0.249 e. The predicted octanol–water partition coefficient (Wildman–Crippen LogP) is 0.814. The Morgan fingerprint density at radius 1 is 1.47 bits per heavy atom. The van der Waals surface area contributed by atoms with Crippen molar-refractivity contribution in [3.8, 4) is 0 Å². The molecule has 2 heterocycles. The van der Waals surface area contributed by atoms with E-state index in [9.17, 15) is 9.59 Å². The number of hydrogen-bond donors (Lipinski definition) is 1. The number of imide groups is 1. The number of hydrogen-bond acceptors (Lipinski definition) is 7. The molecular formula is C11H16N4O2S2. The van der Waals surface area contributed by atoms with Crippen molar-refractivity contribution in [2.45, 2.75) is 31.4 Å². The molecule has 0 saturated carbocycles. The minimum Gasteiger partial charge on any atom is -0.330 e. The van der Waals surface area contributed by atoms with Gasteiger partial charge in [0.25, 0.3) is 0 Å². The third kappa shape index (κ3) is 3.13. The molecule has 1 aromatic heterocycles. The zero-order chi connectivity index (χ0) is 13.8. The van der Waals surface area contributed by atoms with E-state index in [0.29, 0.717) is 17.4 Å². The van der Waals surface area contributed by atoms with Gasteiger partial charge in [0.05, 0.1) is 5.25 Å². The molecule has 1 saturated heterocycles. The Morgan fingerprint density at radius 2 is 2.26 bits per heavy atom. The Balaban J connectivity index is 2.10. The SMILES string of the molecule is CCCc1nnc(N2C(=O)CC(SCCN)C2=O)s1. The number of carbonyl (C=O) groups excluding carboxylic acids is 2. The molecule has 2 N–H and O–H groups in total. The molecule has 1 aliphatic rings. The maximum atomic E-state index is 12.2. The molecule has 1 unspecified atom stereocenters. The molecule has 1 aliphatic heterocycles. The largest absolute Gasteiger partial charge is 0.330 e. The first-order valence-corrected chi connectivity index (χ1v) is 8.04. The zero-order valence-corrected chi connectivity index (χ0v) is 12.3. The molecule has 1 atom stereocenters. The lowest BCUT2D eigenvalue weighted by atomic mass is 10.4. The maximum absolute atomic E-state index is 12.2. The monoisotopic (exact) mass is 300 g/mol. The van der Waals surface area contributed by atoms with Gasteiger partial charge in [-0.15, -0.1) is 22.0 Å². The van der Waals surface area contributed by atoms with Crippen LogP contribution in [-0.2, 0) is 16.0 Å². The van der Waals surface area contributed by atoms with Crippen LogP contribution >= 0.6 is 23.1 Å². The lowest BCUT2D eigenvalue weighted by molar-refractivity contribution is -0.121. The Labute approximate surface area is 119 Å². The summed E-state index contributed by atoms with van der Waals surface area (Å²) in [6.07, 6.45) is 2.01. The lowest BCUT2D eigenvalue weighted by Gasteiger charge is -2.09. The van der Waals surface area contributed by atoms with E-state index in [1.807, 2.05) is 6.92 Å². The molecular weight excluding hydrogens is 284 g/mol. The van der Waals surface area contributed by atoms with Crippen LogP contribution in [0.5, 0.6) is 0 Å². The van der Waals surface area contributed by atoms with Gasteiger partial charge in [-0.25, -0.2) is 4.90 Å². The molecule has 2 rings (SSSR count). The van der Waals surface area contributed by atoms with Gasteiger partial charge in [0.1, 0.15) is 5.01 Å². The average Bonchev–Trinajstić information content (AvgIpc) is 2.93. The van der Waals surface area contributed by atoms with Gasteiger partial charge in [-0.2, -0.15) is 0 Å². The Kier molecular flexibility index (Phi) is 4.89. The van der Waals surface area contributed by atoms with Crippen LogP contribution in [0.2, 0.25) is 0 Å². The molecule has 6 nitrogen and oxygen atoms in total. The van der Waals surface area contributed by atoms with E-state index in [1.54, 1.807) is 0 Å². The first-order chi connectivity index (χ1) is 9.17. The number of amides is 2. The summed E-state index contributed by atoms with van der Waals surface area (Å²) in [6.45, 7) is 2.55. The third-order valence-corrected chi connectivity index (χ3v) is 4.86. The fraction of sp³-hybridized carbons (Fsp3) is 0.636. The fourth-order valence-electron chi connectivity index (χ4n) is 1.80. The van der Waals surface area contributed by atoms with E-state index in [2.05, 4.69) is 10.2 Å². The number of carbonyl (C=O) groups is 2. The van der Waals surface area contributed by atoms with Gasteiger partial charge in [-0.1, -0.05) is 18.3 Å². The molecule has 1 fully saturated rings. The van der Waals surface area contributed by atoms with Crippen molar-refractivity contribution in [1.82, 2.24) is 10.2 Å². The lowest BCUT2D eigenvalue weighted by Crippen LogP contribution is -2.31. The van der Waals surface area contributed by atoms with Crippen molar-refractivity contribution in [2.75, 3.05) is 17.2 Å². The van der Waals surface area contributed by atoms with Crippen LogP contribution in [0.1, 0.15) is 24.8 Å².